The molecule has 1 aliphatic heterocycles. The Bertz CT molecular complexity index is 588. The fraction of sp³-hybridized carbons (Fsp3) is 0.969. The second-order valence-electron chi connectivity index (χ2n) is 12.9. The monoisotopic (exact) mass is 540 g/mol. The number of piperidine rings is 1. The Labute approximate surface area is 236 Å². The van der Waals surface area contributed by atoms with Crippen LogP contribution in [0, 0.1) is 0 Å². The molecule has 1 atom stereocenters. The zero-order valence-electron chi connectivity index (χ0n) is 26.4. The van der Waals surface area contributed by atoms with Crippen LogP contribution in [0.4, 0.5) is 0 Å². The molecule has 0 aliphatic carbocycles. The van der Waals surface area contributed by atoms with Gasteiger partial charge in [0.05, 0.1) is 12.7 Å². The number of nitrogens with zero attached hydrogens (tertiary/aromatic N) is 2. The van der Waals surface area contributed by atoms with Crippen molar-refractivity contribution in [3.63, 3.8) is 0 Å². The van der Waals surface area contributed by atoms with Crippen LogP contribution in [0.3, 0.4) is 0 Å². The summed E-state index contributed by atoms with van der Waals surface area (Å²) in [4.78, 5) is 15.0. The highest BCUT2D eigenvalue weighted by Gasteiger charge is 2.45. The fourth-order valence-electron chi connectivity index (χ4n) is 5.97. The first kappa shape index (κ1) is 35.3. The molecule has 6 nitrogen and oxygen atoms in total. The molecular formula is C32H64N2O4. The number of ether oxygens (including phenoxy) is 2. The van der Waals surface area contributed by atoms with Gasteiger partial charge in [-0.2, -0.15) is 5.06 Å². The molecular weight excluding hydrogens is 476 g/mol. The van der Waals surface area contributed by atoms with Crippen LogP contribution >= 0.6 is 0 Å². The summed E-state index contributed by atoms with van der Waals surface area (Å²) in [5, 5.41) is 12.1. The Hall–Kier alpha value is -0.690. The number of hydrogen-bond donors (Lipinski definition) is 1. The number of rotatable bonds is 22. The van der Waals surface area contributed by atoms with Crippen LogP contribution in [0.25, 0.3) is 0 Å². The Morgan fingerprint density at radius 2 is 1.26 bits per heavy atom. The normalized spacial score (nSPS) is 18.7. The van der Waals surface area contributed by atoms with Gasteiger partial charge in [0.2, 0.25) is 0 Å². The lowest BCUT2D eigenvalue weighted by Crippen LogP contribution is -2.60. The van der Waals surface area contributed by atoms with Gasteiger partial charge in [-0.15, -0.1) is 0 Å². The molecule has 1 fully saturated rings. The van der Waals surface area contributed by atoms with Crippen LogP contribution in [-0.4, -0.2) is 70.7 Å². The molecule has 0 aromatic rings. The van der Waals surface area contributed by atoms with E-state index in [1.165, 1.54) is 75.7 Å². The Morgan fingerprint density at radius 1 is 0.816 bits per heavy atom. The summed E-state index contributed by atoms with van der Waals surface area (Å²) >= 11 is 0. The van der Waals surface area contributed by atoms with Crippen LogP contribution in [0.15, 0.2) is 0 Å². The summed E-state index contributed by atoms with van der Waals surface area (Å²) in [6.45, 7) is 17.7. The number of hydrogen-bond acceptors (Lipinski definition) is 6. The van der Waals surface area contributed by atoms with E-state index in [-0.39, 0.29) is 29.3 Å². The van der Waals surface area contributed by atoms with E-state index < -0.39 is 0 Å². The van der Waals surface area contributed by atoms with Gasteiger partial charge in [0.15, 0.2) is 0 Å². The maximum atomic E-state index is 12.7. The van der Waals surface area contributed by atoms with E-state index >= 15 is 0 Å². The van der Waals surface area contributed by atoms with Crippen molar-refractivity contribution < 1.29 is 19.5 Å². The lowest BCUT2D eigenvalue weighted by molar-refractivity contribution is -0.262. The molecule has 226 valence electrons. The van der Waals surface area contributed by atoms with Crippen LogP contribution < -0.4 is 0 Å². The summed E-state index contributed by atoms with van der Waals surface area (Å²) < 4.78 is 12.3. The third-order valence-electron chi connectivity index (χ3n) is 8.26. The lowest BCUT2D eigenvalue weighted by atomic mass is 9.80. The molecule has 38 heavy (non-hydrogen) atoms. The van der Waals surface area contributed by atoms with Gasteiger partial charge in [-0.25, -0.2) is 0 Å². The minimum atomic E-state index is -0.355. The summed E-state index contributed by atoms with van der Waals surface area (Å²) in [7, 11) is 0. The summed E-state index contributed by atoms with van der Waals surface area (Å²) in [6, 6.07) is 0. The van der Waals surface area contributed by atoms with Crippen molar-refractivity contribution in [1.82, 2.24) is 9.96 Å². The van der Waals surface area contributed by atoms with Crippen molar-refractivity contribution in [3.8, 4) is 0 Å². The molecule has 6 heteroatoms. The van der Waals surface area contributed by atoms with E-state index in [2.05, 4.69) is 25.7 Å². The maximum absolute atomic E-state index is 12.7. The Kier molecular flexibility index (Phi) is 18.0. The second-order valence-corrected chi connectivity index (χ2v) is 12.9. The average Bonchev–Trinajstić information content (AvgIpc) is 2.86. The molecule has 1 saturated heterocycles. The fourth-order valence-corrected chi connectivity index (χ4v) is 5.97. The quantitative estimate of drug-likeness (QED) is 0.110. The van der Waals surface area contributed by atoms with Gasteiger partial charge in [0.1, 0.15) is 6.10 Å². The Balaban J connectivity index is 2.32. The minimum Gasteiger partial charge on any atom is -0.459 e. The van der Waals surface area contributed by atoms with E-state index in [4.69, 9.17) is 9.47 Å². The summed E-state index contributed by atoms with van der Waals surface area (Å²) in [5.74, 6) is -0.0975. The zero-order valence-corrected chi connectivity index (χ0v) is 26.4. The molecule has 0 aromatic heterocycles. The van der Waals surface area contributed by atoms with Crippen molar-refractivity contribution in [2.45, 2.75) is 174 Å². The average molecular weight is 541 g/mol. The molecule has 0 saturated carbocycles. The van der Waals surface area contributed by atoms with Gasteiger partial charge in [0.25, 0.3) is 0 Å². The lowest BCUT2D eigenvalue weighted by Gasteiger charge is -2.51. The highest BCUT2D eigenvalue weighted by atomic mass is 16.6. The predicted octanol–water partition coefficient (Wildman–Crippen LogP) is 8.15. The number of hydroxylamine groups is 2. The van der Waals surface area contributed by atoms with E-state index in [1.54, 1.807) is 0 Å². The Morgan fingerprint density at radius 3 is 1.71 bits per heavy atom. The molecule has 1 unspecified atom stereocenters. The topological polar surface area (TPSA) is 62.2 Å². The third-order valence-corrected chi connectivity index (χ3v) is 8.26. The van der Waals surface area contributed by atoms with E-state index in [0.29, 0.717) is 19.6 Å². The van der Waals surface area contributed by atoms with Gasteiger partial charge >= 0.3 is 5.97 Å². The maximum Gasteiger partial charge on any atom is 0.306 e. The molecule has 0 aromatic carbocycles. The molecule has 1 aliphatic rings. The smallest absolute Gasteiger partial charge is 0.306 e. The first-order valence-electron chi connectivity index (χ1n) is 16.1. The SMILES string of the molecule is CCCCCCCCCCCCCCCC(=O)OC(COC1CC(C)(C)N(O)C(C)(C)C1)CN(CC)CC. The van der Waals surface area contributed by atoms with E-state index in [0.717, 1.165) is 38.8 Å². The van der Waals surface area contributed by atoms with Crippen molar-refractivity contribution in [3.05, 3.63) is 0 Å². The molecule has 0 amide bonds. The number of esters is 1. The standard InChI is InChI=1S/C32H64N2O4/c1-8-11-12-13-14-15-16-17-18-19-20-21-22-23-30(35)38-29(26-33(9-2)10-3)27-37-28-24-31(4,5)34(36)32(6,7)25-28/h28-29,36H,8-27H2,1-7H3. The van der Waals surface area contributed by atoms with Gasteiger partial charge in [-0.1, -0.05) is 97.8 Å². The summed E-state index contributed by atoms with van der Waals surface area (Å²) in [5.41, 5.74) is -0.711. The molecule has 1 rings (SSSR count). The first-order valence-corrected chi connectivity index (χ1v) is 16.1. The van der Waals surface area contributed by atoms with Crippen molar-refractivity contribution in [1.29, 1.82) is 0 Å². The minimum absolute atomic E-state index is 0.0300. The van der Waals surface area contributed by atoms with Crippen LogP contribution in [-0.2, 0) is 14.3 Å². The number of likely N-dealkylation sites (N-methyl/N-ethyl adjacent to an activating group) is 1. The van der Waals surface area contributed by atoms with Crippen molar-refractivity contribution in [2.24, 2.45) is 0 Å². The van der Waals surface area contributed by atoms with Gasteiger partial charge < -0.3 is 19.6 Å². The largest absolute Gasteiger partial charge is 0.459 e. The zero-order chi connectivity index (χ0) is 28.4. The molecule has 0 spiro atoms. The van der Waals surface area contributed by atoms with Crippen LogP contribution in [0.2, 0.25) is 0 Å². The van der Waals surface area contributed by atoms with Crippen LogP contribution in [0.1, 0.15) is 151 Å². The highest BCUT2D eigenvalue weighted by Crippen LogP contribution is 2.38. The number of carbonyl (C=O) groups excluding carboxylic acids is 1. The first-order chi connectivity index (χ1) is 18.1. The van der Waals surface area contributed by atoms with Gasteiger partial charge in [0, 0.05) is 24.0 Å². The molecule has 1 heterocycles. The number of carbonyl (C=O) groups is 1. The third kappa shape index (κ3) is 14.6. The van der Waals surface area contributed by atoms with Crippen LogP contribution in [0.5, 0.6) is 0 Å². The molecule has 1 N–H and O–H groups in total. The van der Waals surface area contributed by atoms with Crippen molar-refractivity contribution >= 4 is 5.97 Å². The van der Waals surface area contributed by atoms with Crippen molar-refractivity contribution in [2.75, 3.05) is 26.2 Å². The number of unbranched alkanes of at least 4 members (excludes halogenated alkanes) is 12. The van der Waals surface area contributed by atoms with E-state index in [9.17, 15) is 10.0 Å². The summed E-state index contributed by atoms with van der Waals surface area (Å²) in [6.07, 6.45) is 18.6. The van der Waals surface area contributed by atoms with Gasteiger partial charge in [-0.05, 0) is 60.0 Å². The second kappa shape index (κ2) is 19.4. The predicted molar refractivity (Wildman–Crippen MR) is 159 cm³/mol. The van der Waals surface area contributed by atoms with Gasteiger partial charge in [-0.3, -0.25) is 4.79 Å². The molecule has 0 radical (unpaired) electrons. The van der Waals surface area contributed by atoms with E-state index in [1.807, 2.05) is 27.7 Å². The molecule has 0 bridgehead atoms. The highest BCUT2D eigenvalue weighted by molar-refractivity contribution is 5.69.